The van der Waals surface area contributed by atoms with Gasteiger partial charge in [-0.15, -0.1) is 0 Å². The first kappa shape index (κ1) is 19.7. The first-order valence-electron chi connectivity index (χ1n) is 9.21. The molecule has 1 saturated heterocycles. The Hall–Kier alpha value is -1.59. The highest BCUT2D eigenvalue weighted by molar-refractivity contribution is 5.68. The standard InChI is InChI=1S/C20H32N2O3/c1-20(2,3)25-19(23)22-12-9-16(10-13-22)11-14-24-15-18(21)17-7-5-4-6-8-17/h4-8,16,18H,9-15,21H2,1-3H3/t18-/m0/s1. The van der Waals surface area contributed by atoms with Gasteiger partial charge in [-0.05, 0) is 51.5 Å². The lowest BCUT2D eigenvalue weighted by atomic mass is 9.94. The quantitative estimate of drug-likeness (QED) is 0.795. The second kappa shape index (κ2) is 9.20. The molecule has 1 fully saturated rings. The van der Waals surface area contributed by atoms with E-state index in [1.807, 2.05) is 56.0 Å². The summed E-state index contributed by atoms with van der Waals surface area (Å²) in [5, 5.41) is 0. The molecule has 0 radical (unpaired) electrons. The van der Waals surface area contributed by atoms with Crippen LogP contribution < -0.4 is 5.73 Å². The summed E-state index contributed by atoms with van der Waals surface area (Å²) in [6.07, 6.45) is 2.83. The molecule has 0 aliphatic carbocycles. The summed E-state index contributed by atoms with van der Waals surface area (Å²) in [4.78, 5) is 13.9. The van der Waals surface area contributed by atoms with Gasteiger partial charge in [-0.1, -0.05) is 30.3 Å². The van der Waals surface area contributed by atoms with E-state index in [2.05, 4.69) is 0 Å². The fourth-order valence-corrected chi connectivity index (χ4v) is 2.99. The van der Waals surface area contributed by atoms with Crippen molar-refractivity contribution in [1.29, 1.82) is 0 Å². The van der Waals surface area contributed by atoms with Crippen LogP contribution in [0.3, 0.4) is 0 Å². The average molecular weight is 348 g/mol. The van der Waals surface area contributed by atoms with Gasteiger partial charge >= 0.3 is 6.09 Å². The number of carbonyl (C=O) groups is 1. The van der Waals surface area contributed by atoms with E-state index in [1.54, 1.807) is 0 Å². The zero-order valence-corrected chi connectivity index (χ0v) is 15.7. The molecule has 1 aromatic carbocycles. The highest BCUT2D eigenvalue weighted by atomic mass is 16.6. The Bertz CT molecular complexity index is 519. The van der Waals surface area contributed by atoms with Crippen LogP contribution in [0.2, 0.25) is 0 Å². The van der Waals surface area contributed by atoms with Gasteiger partial charge in [0.05, 0.1) is 12.6 Å². The predicted octanol–water partition coefficient (Wildman–Crippen LogP) is 3.74. The third-order valence-corrected chi connectivity index (χ3v) is 4.46. The number of nitrogens with zero attached hydrogens (tertiary/aromatic N) is 1. The van der Waals surface area contributed by atoms with Crippen molar-refractivity contribution in [3.8, 4) is 0 Å². The molecule has 1 amide bonds. The lowest BCUT2D eigenvalue weighted by Gasteiger charge is -2.33. The van der Waals surface area contributed by atoms with Crippen LogP contribution in [0.5, 0.6) is 0 Å². The van der Waals surface area contributed by atoms with Gasteiger partial charge in [-0.25, -0.2) is 4.79 Å². The van der Waals surface area contributed by atoms with Gasteiger partial charge in [0.1, 0.15) is 5.60 Å². The number of carbonyl (C=O) groups excluding carboxylic acids is 1. The first-order valence-corrected chi connectivity index (χ1v) is 9.21. The third kappa shape index (κ3) is 7.04. The predicted molar refractivity (Wildman–Crippen MR) is 99.3 cm³/mol. The van der Waals surface area contributed by atoms with Gasteiger partial charge in [0.15, 0.2) is 0 Å². The molecule has 5 nitrogen and oxygen atoms in total. The molecule has 140 valence electrons. The summed E-state index contributed by atoms with van der Waals surface area (Å²) >= 11 is 0. The van der Waals surface area contributed by atoms with E-state index in [9.17, 15) is 4.79 Å². The van der Waals surface area contributed by atoms with Gasteiger partial charge in [0.25, 0.3) is 0 Å². The van der Waals surface area contributed by atoms with E-state index in [-0.39, 0.29) is 12.1 Å². The Kier molecular flexibility index (Phi) is 7.26. The van der Waals surface area contributed by atoms with Crippen molar-refractivity contribution < 1.29 is 14.3 Å². The van der Waals surface area contributed by atoms with E-state index in [4.69, 9.17) is 15.2 Å². The second-order valence-corrected chi connectivity index (χ2v) is 7.79. The van der Waals surface area contributed by atoms with E-state index >= 15 is 0 Å². The average Bonchev–Trinajstić information content (AvgIpc) is 2.58. The fraction of sp³-hybridized carbons (Fsp3) is 0.650. The van der Waals surface area contributed by atoms with Gasteiger partial charge in [0.2, 0.25) is 0 Å². The molecule has 0 spiro atoms. The van der Waals surface area contributed by atoms with Crippen LogP contribution >= 0.6 is 0 Å². The largest absolute Gasteiger partial charge is 0.444 e. The smallest absolute Gasteiger partial charge is 0.410 e. The lowest BCUT2D eigenvalue weighted by molar-refractivity contribution is 0.0165. The molecule has 0 bridgehead atoms. The Morgan fingerprint density at radius 1 is 1.24 bits per heavy atom. The number of likely N-dealkylation sites (tertiary alicyclic amines) is 1. The van der Waals surface area contributed by atoms with Crippen LogP contribution in [-0.2, 0) is 9.47 Å². The molecular weight excluding hydrogens is 316 g/mol. The molecule has 0 aromatic heterocycles. The van der Waals surface area contributed by atoms with E-state index in [1.165, 1.54) is 0 Å². The molecule has 1 atom stereocenters. The molecule has 2 rings (SSSR count). The summed E-state index contributed by atoms with van der Waals surface area (Å²) in [7, 11) is 0. The molecule has 1 aliphatic heterocycles. The Balaban J connectivity index is 1.60. The molecule has 2 N–H and O–H groups in total. The monoisotopic (exact) mass is 348 g/mol. The van der Waals surface area contributed by atoms with E-state index in [0.29, 0.717) is 12.5 Å². The van der Waals surface area contributed by atoms with Crippen molar-refractivity contribution in [2.24, 2.45) is 11.7 Å². The Labute approximate surface area is 151 Å². The number of nitrogens with two attached hydrogens (primary N) is 1. The molecule has 0 saturated carbocycles. The first-order chi connectivity index (χ1) is 11.8. The minimum atomic E-state index is -0.431. The maximum Gasteiger partial charge on any atom is 0.410 e. The maximum absolute atomic E-state index is 12.1. The van der Waals surface area contributed by atoms with Crippen LogP contribution in [0.15, 0.2) is 30.3 Å². The zero-order valence-electron chi connectivity index (χ0n) is 15.7. The number of amides is 1. The number of benzene rings is 1. The van der Waals surface area contributed by atoms with Crippen molar-refractivity contribution >= 4 is 6.09 Å². The second-order valence-electron chi connectivity index (χ2n) is 7.79. The molecule has 25 heavy (non-hydrogen) atoms. The normalized spacial score (nSPS) is 17.4. The van der Waals surface area contributed by atoms with Crippen LogP contribution in [0.25, 0.3) is 0 Å². The summed E-state index contributed by atoms with van der Waals surface area (Å²) in [5.41, 5.74) is 6.81. The zero-order chi connectivity index (χ0) is 18.3. The molecule has 5 heteroatoms. The van der Waals surface area contributed by atoms with Gasteiger partial charge in [-0.3, -0.25) is 0 Å². The van der Waals surface area contributed by atoms with Gasteiger partial charge < -0.3 is 20.1 Å². The number of rotatable bonds is 6. The van der Waals surface area contributed by atoms with Crippen LogP contribution in [0, 0.1) is 5.92 Å². The highest BCUT2D eigenvalue weighted by Gasteiger charge is 2.26. The number of piperidine rings is 1. The molecule has 1 heterocycles. The molecule has 1 aromatic rings. The number of ether oxygens (including phenoxy) is 2. The summed E-state index contributed by atoms with van der Waals surface area (Å²) in [5.74, 6) is 0.603. The van der Waals surface area contributed by atoms with Crippen LogP contribution in [-0.4, -0.2) is 42.9 Å². The highest BCUT2D eigenvalue weighted by Crippen LogP contribution is 2.22. The lowest BCUT2D eigenvalue weighted by Crippen LogP contribution is -2.41. The summed E-state index contributed by atoms with van der Waals surface area (Å²) in [6.45, 7) is 8.49. The summed E-state index contributed by atoms with van der Waals surface area (Å²) in [6, 6.07) is 9.96. The Morgan fingerprint density at radius 3 is 2.48 bits per heavy atom. The number of hydrogen-bond acceptors (Lipinski definition) is 4. The van der Waals surface area contributed by atoms with Gasteiger partial charge in [-0.2, -0.15) is 0 Å². The van der Waals surface area contributed by atoms with E-state index in [0.717, 1.165) is 44.5 Å². The maximum atomic E-state index is 12.1. The van der Waals surface area contributed by atoms with Gasteiger partial charge in [0, 0.05) is 19.7 Å². The van der Waals surface area contributed by atoms with Crippen molar-refractivity contribution in [2.75, 3.05) is 26.3 Å². The third-order valence-electron chi connectivity index (χ3n) is 4.46. The van der Waals surface area contributed by atoms with Crippen LogP contribution in [0.4, 0.5) is 4.79 Å². The Morgan fingerprint density at radius 2 is 1.88 bits per heavy atom. The minimum absolute atomic E-state index is 0.0739. The minimum Gasteiger partial charge on any atom is -0.444 e. The molecular formula is C20H32N2O3. The molecule has 0 unspecified atom stereocenters. The van der Waals surface area contributed by atoms with E-state index < -0.39 is 5.60 Å². The molecule has 1 aliphatic rings. The van der Waals surface area contributed by atoms with Crippen molar-refractivity contribution in [3.63, 3.8) is 0 Å². The van der Waals surface area contributed by atoms with Crippen molar-refractivity contribution in [3.05, 3.63) is 35.9 Å². The van der Waals surface area contributed by atoms with Crippen molar-refractivity contribution in [1.82, 2.24) is 4.90 Å². The summed E-state index contributed by atoms with van der Waals surface area (Å²) < 4.78 is 11.2. The van der Waals surface area contributed by atoms with Crippen molar-refractivity contribution in [2.45, 2.75) is 51.7 Å². The SMILES string of the molecule is CC(C)(C)OC(=O)N1CCC(CCOC[C@H](N)c2ccccc2)CC1. The fourth-order valence-electron chi connectivity index (χ4n) is 2.99. The van der Waals surface area contributed by atoms with Crippen LogP contribution in [0.1, 0.15) is 51.6 Å². The number of hydrogen-bond donors (Lipinski definition) is 1. The topological polar surface area (TPSA) is 64.8 Å².